The van der Waals surface area contributed by atoms with Gasteiger partial charge in [-0.05, 0) is 58.3 Å². The van der Waals surface area contributed by atoms with Crippen molar-refractivity contribution in [1.29, 1.82) is 0 Å². The van der Waals surface area contributed by atoms with Crippen LogP contribution in [0.5, 0.6) is 0 Å². The summed E-state index contributed by atoms with van der Waals surface area (Å²) < 4.78 is 72.8. The highest BCUT2D eigenvalue weighted by Gasteiger charge is 2.35. The van der Waals surface area contributed by atoms with Gasteiger partial charge < -0.3 is 34.6 Å². The third kappa shape index (κ3) is 9.33. The number of halogens is 2. The molecule has 4 rings (SSSR count). The van der Waals surface area contributed by atoms with Crippen LogP contribution in [-0.2, 0) is 37.2 Å². The highest BCUT2D eigenvalue weighted by atomic mass is 32.2. The maximum absolute atomic E-state index is 14.0. The number of fused-ring (bicyclic) bond motifs is 1. The number of carbonyl (C=O) groups excluding carboxylic acids is 2. The summed E-state index contributed by atoms with van der Waals surface area (Å²) in [5.41, 5.74) is 2.19. The van der Waals surface area contributed by atoms with Crippen molar-refractivity contribution in [2.75, 3.05) is 89.8 Å². The van der Waals surface area contributed by atoms with Gasteiger partial charge in [0.05, 0.1) is 29.4 Å². The van der Waals surface area contributed by atoms with Gasteiger partial charge in [-0.3, -0.25) is 4.79 Å². The van der Waals surface area contributed by atoms with Crippen molar-refractivity contribution in [2.24, 2.45) is 0 Å². The number of rotatable bonds is 16. The van der Waals surface area contributed by atoms with Crippen LogP contribution in [0.15, 0.2) is 41.3 Å². The fourth-order valence-corrected chi connectivity index (χ4v) is 6.76. The molecule has 0 saturated carbocycles. The summed E-state index contributed by atoms with van der Waals surface area (Å²) in [6.07, 6.45) is -0.849. The molecule has 1 amide bonds. The van der Waals surface area contributed by atoms with E-state index in [1.807, 2.05) is 33.3 Å². The minimum atomic E-state index is -4.38. The molecular formula is C33H45F2N7O7S. The Bertz CT molecular complexity index is 1750. The van der Waals surface area contributed by atoms with Crippen LogP contribution in [0.3, 0.4) is 0 Å². The maximum atomic E-state index is 14.0. The number of anilines is 3. The van der Waals surface area contributed by atoms with E-state index < -0.39 is 38.6 Å². The van der Waals surface area contributed by atoms with E-state index in [-0.39, 0.29) is 55.7 Å². The van der Waals surface area contributed by atoms with Crippen LogP contribution in [0.4, 0.5) is 30.8 Å². The van der Waals surface area contributed by atoms with E-state index in [1.54, 1.807) is 20.1 Å². The quantitative estimate of drug-likeness (QED) is 0.209. The van der Waals surface area contributed by atoms with Crippen LogP contribution >= 0.6 is 0 Å². The van der Waals surface area contributed by atoms with Crippen LogP contribution < -0.4 is 15.5 Å². The Balaban J connectivity index is 1.69. The number of methoxy groups -OCH3 is 1. The molecule has 1 aromatic heterocycles. The topological polar surface area (TPSA) is 148 Å². The number of hydrogen-bond acceptors (Lipinski definition) is 11. The van der Waals surface area contributed by atoms with Gasteiger partial charge in [0.25, 0.3) is 5.91 Å². The molecule has 1 atom stereocenters. The Morgan fingerprint density at radius 1 is 1.06 bits per heavy atom. The number of carbonyl (C=O) groups is 2. The van der Waals surface area contributed by atoms with E-state index in [1.165, 1.54) is 0 Å². The predicted octanol–water partition coefficient (Wildman–Crippen LogP) is 3.63. The molecule has 50 heavy (non-hydrogen) atoms. The molecule has 1 aliphatic rings. The molecule has 1 unspecified atom stereocenters. The lowest BCUT2D eigenvalue weighted by atomic mass is 10.1. The van der Waals surface area contributed by atoms with Crippen LogP contribution in [0.2, 0.25) is 0 Å². The van der Waals surface area contributed by atoms with Crippen LogP contribution in [0, 0.1) is 11.6 Å². The lowest BCUT2D eigenvalue weighted by Crippen LogP contribution is -2.37. The second-order valence-corrected chi connectivity index (χ2v) is 13.9. The first-order valence-electron chi connectivity index (χ1n) is 16.1. The molecular weight excluding hydrogens is 676 g/mol. The van der Waals surface area contributed by atoms with Gasteiger partial charge in [0, 0.05) is 82.4 Å². The smallest absolute Gasteiger partial charge is 0.435 e. The number of hydrogen-bond donors (Lipinski definition) is 2. The van der Waals surface area contributed by atoms with Gasteiger partial charge >= 0.3 is 6.09 Å². The zero-order valence-electron chi connectivity index (χ0n) is 29.2. The average Bonchev–Trinajstić information content (AvgIpc) is 3.43. The van der Waals surface area contributed by atoms with E-state index in [9.17, 15) is 26.8 Å². The summed E-state index contributed by atoms with van der Waals surface area (Å²) in [5, 5.41) is 10.3. The summed E-state index contributed by atoms with van der Waals surface area (Å²) in [6.45, 7) is 5.47. The Hall–Kier alpha value is -4.16. The van der Waals surface area contributed by atoms with Crippen molar-refractivity contribution in [1.82, 2.24) is 19.0 Å². The second-order valence-electron chi connectivity index (χ2n) is 12.0. The fourth-order valence-electron chi connectivity index (χ4n) is 5.31. The molecule has 0 spiro atoms. The monoisotopic (exact) mass is 721 g/mol. The summed E-state index contributed by atoms with van der Waals surface area (Å²) in [7, 11) is 3.14. The van der Waals surface area contributed by atoms with E-state index in [4.69, 9.17) is 14.2 Å². The predicted molar refractivity (Wildman–Crippen MR) is 184 cm³/mol. The lowest BCUT2D eigenvalue weighted by molar-refractivity contribution is 0.0777. The van der Waals surface area contributed by atoms with Crippen LogP contribution in [0.1, 0.15) is 35.5 Å². The SMILES string of the molecule is CCOCCOC(=O)n1nc(NC(=O)c2ccc(N(C)CC(C)N(C)C)cc2NCCOC)c2c1CCN(S(=O)(=O)c1cc(F)cc(F)c1)C2. The Kier molecular flexibility index (Phi) is 13.3. The van der Waals surface area contributed by atoms with Crippen molar-refractivity contribution in [2.45, 2.75) is 37.8 Å². The molecule has 2 heterocycles. The molecule has 0 saturated heterocycles. The van der Waals surface area contributed by atoms with E-state index in [0.29, 0.717) is 37.2 Å². The third-order valence-electron chi connectivity index (χ3n) is 8.29. The number of ether oxygens (including phenoxy) is 3. The first-order chi connectivity index (χ1) is 23.8. The Morgan fingerprint density at radius 3 is 2.44 bits per heavy atom. The van der Waals surface area contributed by atoms with Crippen molar-refractivity contribution in [3.63, 3.8) is 0 Å². The maximum Gasteiger partial charge on any atom is 0.435 e. The van der Waals surface area contributed by atoms with Crippen LogP contribution in [0.25, 0.3) is 0 Å². The molecule has 274 valence electrons. The highest BCUT2D eigenvalue weighted by molar-refractivity contribution is 7.89. The summed E-state index contributed by atoms with van der Waals surface area (Å²) >= 11 is 0. The minimum Gasteiger partial charge on any atom is -0.445 e. The second kappa shape index (κ2) is 17.2. The van der Waals surface area contributed by atoms with E-state index >= 15 is 0 Å². The summed E-state index contributed by atoms with van der Waals surface area (Å²) in [6, 6.07) is 7.63. The van der Waals surface area contributed by atoms with Crippen molar-refractivity contribution < 1.29 is 41.0 Å². The number of amides is 1. The summed E-state index contributed by atoms with van der Waals surface area (Å²) in [5.74, 6) is -2.74. The number of aromatic nitrogens is 2. The Morgan fingerprint density at radius 2 is 1.78 bits per heavy atom. The molecule has 2 aromatic carbocycles. The number of likely N-dealkylation sites (N-methyl/N-ethyl adjacent to an activating group) is 2. The standard InChI is InChI=1S/C33H45F2N7O7S/c1-7-48-14-15-49-33(44)42-30-10-12-41(50(45,46)26-17-23(34)16-24(35)18-26)21-28(30)31(38-42)37-32(43)27-9-8-25(19-29(27)36-11-13-47-6)40(5)20-22(2)39(3)4/h8-9,16-19,22,36H,7,10-15,20-21H2,1-6H3,(H,37,38,43). The first-order valence-corrected chi connectivity index (χ1v) is 17.6. The Labute approximate surface area is 291 Å². The summed E-state index contributed by atoms with van der Waals surface area (Å²) in [4.78, 5) is 30.6. The largest absolute Gasteiger partial charge is 0.445 e. The number of nitrogens with zero attached hydrogens (tertiary/aromatic N) is 5. The van der Waals surface area contributed by atoms with Crippen molar-refractivity contribution in [3.8, 4) is 0 Å². The highest BCUT2D eigenvalue weighted by Crippen LogP contribution is 2.32. The van der Waals surface area contributed by atoms with Crippen LogP contribution in [-0.4, -0.2) is 120 Å². The zero-order valence-corrected chi connectivity index (χ0v) is 30.0. The molecule has 0 radical (unpaired) electrons. The van der Waals surface area contributed by atoms with Crippen molar-refractivity contribution >= 4 is 39.2 Å². The zero-order chi connectivity index (χ0) is 36.6. The molecule has 1 aliphatic heterocycles. The van der Waals surface area contributed by atoms with Gasteiger partial charge in [-0.15, -0.1) is 5.10 Å². The third-order valence-corrected chi connectivity index (χ3v) is 10.1. The minimum absolute atomic E-state index is 0.00792. The fraction of sp³-hybridized carbons (Fsp3) is 0.485. The molecule has 3 aromatic rings. The average molecular weight is 722 g/mol. The van der Waals surface area contributed by atoms with E-state index in [0.717, 1.165) is 33.4 Å². The van der Waals surface area contributed by atoms with Gasteiger partial charge in [-0.2, -0.15) is 8.99 Å². The first kappa shape index (κ1) is 38.6. The molecule has 0 bridgehead atoms. The van der Waals surface area contributed by atoms with Gasteiger partial charge in [0.15, 0.2) is 5.82 Å². The molecule has 2 N–H and O–H groups in total. The van der Waals surface area contributed by atoms with Gasteiger partial charge in [0.2, 0.25) is 10.0 Å². The van der Waals surface area contributed by atoms with E-state index in [2.05, 4.69) is 32.5 Å². The van der Waals surface area contributed by atoms with Crippen molar-refractivity contribution in [3.05, 3.63) is 64.9 Å². The van der Waals surface area contributed by atoms with Gasteiger partial charge in [-0.25, -0.2) is 22.0 Å². The number of sulfonamides is 1. The lowest BCUT2D eigenvalue weighted by Gasteiger charge is -2.28. The molecule has 17 heteroatoms. The molecule has 0 fully saturated rings. The molecule has 14 nitrogen and oxygen atoms in total. The van der Waals surface area contributed by atoms with Gasteiger partial charge in [0.1, 0.15) is 18.2 Å². The number of nitrogens with one attached hydrogen (secondary N) is 2. The van der Waals surface area contributed by atoms with Gasteiger partial charge in [-0.1, -0.05) is 0 Å². The molecule has 0 aliphatic carbocycles. The number of benzene rings is 2. The normalized spacial score (nSPS) is 13.9.